The summed E-state index contributed by atoms with van der Waals surface area (Å²) in [6, 6.07) is 15.4. The normalized spacial score (nSPS) is 22.0. The SMILES string of the molecule is CC1C(/C=C/c2ccc(N3CCCN(C)CC3)cc2Br)=NNC1/C=C/c1ccc2cc[nH]c2c1. The van der Waals surface area contributed by atoms with Gasteiger partial charge in [-0.2, -0.15) is 5.10 Å². The molecular weight excluding hydrogens is 486 g/mol. The minimum atomic E-state index is 0.186. The lowest BCUT2D eigenvalue weighted by Gasteiger charge is -2.23. The molecule has 2 aromatic carbocycles. The minimum Gasteiger partial charge on any atom is -0.370 e. The van der Waals surface area contributed by atoms with Gasteiger partial charge in [-0.05, 0) is 66.9 Å². The number of fused-ring (bicyclic) bond motifs is 1. The highest BCUT2D eigenvalue weighted by Gasteiger charge is 2.23. The molecule has 3 aromatic rings. The molecular formula is C28H32BrN5. The Morgan fingerprint density at radius 3 is 2.79 bits per heavy atom. The molecule has 5 nitrogen and oxygen atoms in total. The van der Waals surface area contributed by atoms with E-state index in [9.17, 15) is 0 Å². The van der Waals surface area contributed by atoms with Crippen LogP contribution in [0.25, 0.3) is 23.1 Å². The summed E-state index contributed by atoms with van der Waals surface area (Å²) in [4.78, 5) is 8.17. The van der Waals surface area contributed by atoms with Gasteiger partial charge in [0, 0.05) is 47.4 Å². The van der Waals surface area contributed by atoms with Crippen LogP contribution in [0.3, 0.4) is 0 Å². The minimum absolute atomic E-state index is 0.186. The highest BCUT2D eigenvalue weighted by Crippen LogP contribution is 2.27. The van der Waals surface area contributed by atoms with Crippen molar-refractivity contribution in [3.05, 3.63) is 76.4 Å². The molecule has 5 rings (SSSR count). The van der Waals surface area contributed by atoms with E-state index in [1.54, 1.807) is 0 Å². The maximum Gasteiger partial charge on any atom is 0.0705 e. The van der Waals surface area contributed by atoms with Crippen LogP contribution in [0.15, 0.2) is 70.4 Å². The van der Waals surface area contributed by atoms with E-state index in [4.69, 9.17) is 0 Å². The topological polar surface area (TPSA) is 46.7 Å². The van der Waals surface area contributed by atoms with Crippen molar-refractivity contribution in [2.75, 3.05) is 38.1 Å². The fourth-order valence-corrected chi connectivity index (χ4v) is 5.16. The first-order chi connectivity index (χ1) is 16.6. The van der Waals surface area contributed by atoms with Crippen molar-refractivity contribution in [1.29, 1.82) is 0 Å². The second-order valence-electron chi connectivity index (χ2n) is 9.35. The quantitative estimate of drug-likeness (QED) is 0.452. The summed E-state index contributed by atoms with van der Waals surface area (Å²) in [7, 11) is 2.21. The number of nitrogens with one attached hydrogen (secondary N) is 2. The maximum absolute atomic E-state index is 4.60. The summed E-state index contributed by atoms with van der Waals surface area (Å²) >= 11 is 3.79. The first-order valence-electron chi connectivity index (χ1n) is 12.1. The number of halogens is 1. The maximum atomic E-state index is 4.60. The van der Waals surface area contributed by atoms with E-state index in [1.165, 1.54) is 35.2 Å². The number of anilines is 1. The molecule has 176 valence electrons. The monoisotopic (exact) mass is 517 g/mol. The van der Waals surface area contributed by atoms with Gasteiger partial charge in [-0.3, -0.25) is 0 Å². The standard InChI is InChI=1S/C28H32BrN5/c1-20-26(10-5-21-4-6-23-12-13-30-28(23)18-21)31-32-27(20)11-8-22-7-9-24(19-25(22)29)34-15-3-14-33(2)16-17-34/h4-13,18-20,26,30-31H,3,14-17H2,1-2H3/b10-5+,11-8+. The van der Waals surface area contributed by atoms with E-state index in [-0.39, 0.29) is 6.04 Å². The van der Waals surface area contributed by atoms with Crippen LogP contribution in [0.5, 0.6) is 0 Å². The van der Waals surface area contributed by atoms with Gasteiger partial charge < -0.3 is 20.2 Å². The number of allylic oxidation sites excluding steroid dienone is 1. The van der Waals surface area contributed by atoms with Gasteiger partial charge in [0.05, 0.1) is 11.8 Å². The second kappa shape index (κ2) is 10.2. The van der Waals surface area contributed by atoms with Gasteiger partial charge >= 0.3 is 0 Å². The first-order valence-corrected chi connectivity index (χ1v) is 12.9. The van der Waals surface area contributed by atoms with E-state index in [2.05, 4.69) is 122 Å². The number of aromatic nitrogens is 1. The number of rotatable bonds is 5. The third-order valence-corrected chi connectivity index (χ3v) is 7.61. The Morgan fingerprint density at radius 2 is 1.91 bits per heavy atom. The fraction of sp³-hybridized carbons (Fsp3) is 0.321. The van der Waals surface area contributed by atoms with E-state index in [1.807, 2.05) is 6.20 Å². The Labute approximate surface area is 210 Å². The number of hydrogen-bond donors (Lipinski definition) is 2. The molecule has 0 bridgehead atoms. The molecule has 0 saturated carbocycles. The molecule has 1 aromatic heterocycles. The zero-order valence-electron chi connectivity index (χ0n) is 19.8. The lowest BCUT2D eigenvalue weighted by molar-refractivity contribution is 0.360. The molecule has 0 radical (unpaired) electrons. The second-order valence-corrected chi connectivity index (χ2v) is 10.2. The number of hydrazone groups is 1. The van der Waals surface area contributed by atoms with Crippen molar-refractivity contribution in [3.63, 3.8) is 0 Å². The van der Waals surface area contributed by atoms with Crippen molar-refractivity contribution < 1.29 is 0 Å². The van der Waals surface area contributed by atoms with Gasteiger partial charge in [-0.15, -0.1) is 0 Å². The van der Waals surface area contributed by atoms with Crippen molar-refractivity contribution >= 4 is 50.4 Å². The third kappa shape index (κ3) is 5.13. The lowest BCUT2D eigenvalue weighted by atomic mass is 9.96. The molecule has 0 spiro atoms. The number of hydrogen-bond acceptors (Lipinski definition) is 4. The van der Waals surface area contributed by atoms with Crippen LogP contribution in [-0.4, -0.2) is 54.9 Å². The average molecular weight is 519 g/mol. The molecule has 2 unspecified atom stereocenters. The highest BCUT2D eigenvalue weighted by molar-refractivity contribution is 9.10. The predicted molar refractivity (Wildman–Crippen MR) is 148 cm³/mol. The average Bonchev–Trinajstić information content (AvgIpc) is 3.38. The van der Waals surface area contributed by atoms with E-state index in [0.717, 1.165) is 35.3 Å². The Kier molecular flexibility index (Phi) is 6.88. The Morgan fingerprint density at radius 1 is 1.00 bits per heavy atom. The summed E-state index contributed by atoms with van der Waals surface area (Å²) in [5, 5.41) is 5.83. The fourth-order valence-electron chi connectivity index (χ4n) is 4.66. The number of benzene rings is 2. The molecule has 6 heteroatoms. The number of H-pyrrole nitrogens is 1. The largest absolute Gasteiger partial charge is 0.370 e. The summed E-state index contributed by atoms with van der Waals surface area (Å²) in [6.07, 6.45) is 11.9. The molecule has 2 aliphatic rings. The van der Waals surface area contributed by atoms with Gasteiger partial charge in [0.25, 0.3) is 0 Å². The van der Waals surface area contributed by atoms with Gasteiger partial charge in [0.15, 0.2) is 0 Å². The van der Waals surface area contributed by atoms with E-state index >= 15 is 0 Å². The molecule has 34 heavy (non-hydrogen) atoms. The smallest absolute Gasteiger partial charge is 0.0705 e. The zero-order valence-corrected chi connectivity index (χ0v) is 21.4. The Bertz CT molecular complexity index is 1240. The van der Waals surface area contributed by atoms with Crippen LogP contribution in [0.1, 0.15) is 24.5 Å². The summed E-state index contributed by atoms with van der Waals surface area (Å²) in [6.45, 7) is 6.69. The number of aromatic amines is 1. The van der Waals surface area contributed by atoms with Crippen molar-refractivity contribution in [2.45, 2.75) is 19.4 Å². The molecule has 2 aliphatic heterocycles. The van der Waals surface area contributed by atoms with E-state index in [0.29, 0.717) is 5.92 Å². The van der Waals surface area contributed by atoms with E-state index < -0.39 is 0 Å². The van der Waals surface area contributed by atoms with Crippen molar-refractivity contribution in [2.24, 2.45) is 11.0 Å². The number of likely N-dealkylation sites (N-methyl/N-ethyl adjacent to an activating group) is 1. The number of nitrogens with zero attached hydrogens (tertiary/aromatic N) is 3. The van der Waals surface area contributed by atoms with Crippen molar-refractivity contribution in [3.8, 4) is 0 Å². The third-order valence-electron chi connectivity index (χ3n) is 6.93. The van der Waals surface area contributed by atoms with Crippen molar-refractivity contribution in [1.82, 2.24) is 15.3 Å². The van der Waals surface area contributed by atoms with Gasteiger partial charge in [-0.1, -0.05) is 59.3 Å². The predicted octanol–water partition coefficient (Wildman–Crippen LogP) is 5.76. The Hall–Kier alpha value is -2.83. The Balaban J connectivity index is 1.22. The molecule has 2 N–H and O–H groups in total. The zero-order chi connectivity index (χ0) is 23.5. The summed E-state index contributed by atoms with van der Waals surface area (Å²) < 4.78 is 1.12. The summed E-state index contributed by atoms with van der Waals surface area (Å²) in [5.74, 6) is 0.300. The molecule has 0 amide bonds. The highest BCUT2D eigenvalue weighted by atomic mass is 79.9. The molecule has 3 heterocycles. The van der Waals surface area contributed by atoms with Crippen LogP contribution in [0.2, 0.25) is 0 Å². The van der Waals surface area contributed by atoms with Crippen LogP contribution in [0, 0.1) is 5.92 Å². The first kappa shape index (κ1) is 22.9. The molecule has 0 aliphatic carbocycles. The van der Waals surface area contributed by atoms with Gasteiger partial charge in [0.2, 0.25) is 0 Å². The van der Waals surface area contributed by atoms with Crippen LogP contribution >= 0.6 is 15.9 Å². The molecule has 1 fully saturated rings. The van der Waals surface area contributed by atoms with Crippen LogP contribution in [0.4, 0.5) is 5.69 Å². The van der Waals surface area contributed by atoms with Gasteiger partial charge in [0.1, 0.15) is 0 Å². The molecule has 2 atom stereocenters. The molecule has 1 saturated heterocycles. The van der Waals surface area contributed by atoms with Crippen LogP contribution < -0.4 is 10.3 Å². The lowest BCUT2D eigenvalue weighted by Crippen LogP contribution is -2.28. The summed E-state index contributed by atoms with van der Waals surface area (Å²) in [5.41, 5.74) is 9.17. The van der Waals surface area contributed by atoms with Gasteiger partial charge in [-0.25, -0.2) is 0 Å². The van der Waals surface area contributed by atoms with Crippen LogP contribution in [-0.2, 0) is 0 Å².